The second-order valence-corrected chi connectivity index (χ2v) is 5.13. The van der Waals surface area contributed by atoms with Crippen molar-refractivity contribution in [2.75, 3.05) is 11.9 Å². The fourth-order valence-electron chi connectivity index (χ4n) is 2.02. The van der Waals surface area contributed by atoms with Gasteiger partial charge in [0.15, 0.2) is 0 Å². The van der Waals surface area contributed by atoms with E-state index in [-0.39, 0.29) is 6.54 Å². The maximum absolute atomic E-state index is 13.4. The molecule has 2 aromatic rings. The number of carbonyl (C=O) groups excluding carboxylic acids is 2. The zero-order valence-corrected chi connectivity index (χ0v) is 12.6. The average molecular weight is 334 g/mol. The number of rotatable bonds is 5. The van der Waals surface area contributed by atoms with Crippen molar-refractivity contribution < 1.29 is 23.5 Å². The highest BCUT2D eigenvalue weighted by Crippen LogP contribution is 2.14. The summed E-state index contributed by atoms with van der Waals surface area (Å²) in [7, 11) is 0. The molecule has 2 rings (SSSR count). The van der Waals surface area contributed by atoms with Crippen molar-refractivity contribution in [3.8, 4) is 0 Å². The SMILES string of the molecule is O=C(NCC(O)Cc1ccccc1)C(=O)Nc1cc(F)ccc1F. The third-order valence-corrected chi connectivity index (χ3v) is 3.20. The number of amides is 2. The number of halogens is 2. The molecule has 0 aliphatic rings. The number of anilines is 1. The number of nitrogens with one attached hydrogen (secondary N) is 2. The molecule has 1 atom stereocenters. The predicted octanol–water partition coefficient (Wildman–Crippen LogP) is 1.62. The Morgan fingerprint density at radius 1 is 1.04 bits per heavy atom. The molecule has 3 N–H and O–H groups in total. The molecule has 5 nitrogen and oxygen atoms in total. The Morgan fingerprint density at radius 3 is 2.46 bits per heavy atom. The van der Waals surface area contributed by atoms with E-state index in [0.29, 0.717) is 6.42 Å². The third-order valence-electron chi connectivity index (χ3n) is 3.20. The molecular formula is C17H16F2N2O3. The summed E-state index contributed by atoms with van der Waals surface area (Å²) in [6, 6.07) is 11.6. The first-order valence-electron chi connectivity index (χ1n) is 7.22. The third kappa shape index (κ3) is 5.13. The van der Waals surface area contributed by atoms with E-state index >= 15 is 0 Å². The van der Waals surface area contributed by atoms with Gasteiger partial charge in [-0.25, -0.2) is 8.78 Å². The standard InChI is InChI=1S/C17H16F2N2O3/c18-12-6-7-14(19)15(9-12)21-17(24)16(23)20-10-13(22)8-11-4-2-1-3-5-11/h1-7,9,13,22H,8,10H2,(H,20,23)(H,21,24). The molecule has 0 aliphatic heterocycles. The van der Waals surface area contributed by atoms with Gasteiger partial charge >= 0.3 is 11.8 Å². The van der Waals surface area contributed by atoms with E-state index < -0.39 is 35.2 Å². The number of hydrogen-bond donors (Lipinski definition) is 3. The van der Waals surface area contributed by atoms with Crippen LogP contribution in [0, 0.1) is 11.6 Å². The molecule has 0 radical (unpaired) electrons. The quantitative estimate of drug-likeness (QED) is 0.727. The van der Waals surface area contributed by atoms with Crippen LogP contribution in [0.5, 0.6) is 0 Å². The fourth-order valence-corrected chi connectivity index (χ4v) is 2.02. The van der Waals surface area contributed by atoms with Gasteiger partial charge in [-0.15, -0.1) is 0 Å². The topological polar surface area (TPSA) is 78.4 Å². The first-order chi connectivity index (χ1) is 11.5. The lowest BCUT2D eigenvalue weighted by Crippen LogP contribution is -2.40. The van der Waals surface area contributed by atoms with Crippen LogP contribution in [-0.4, -0.2) is 29.6 Å². The van der Waals surface area contributed by atoms with Crippen LogP contribution in [0.3, 0.4) is 0 Å². The van der Waals surface area contributed by atoms with Crippen LogP contribution in [0.25, 0.3) is 0 Å². The smallest absolute Gasteiger partial charge is 0.313 e. The zero-order chi connectivity index (χ0) is 17.5. The van der Waals surface area contributed by atoms with Gasteiger partial charge in [0.1, 0.15) is 11.6 Å². The van der Waals surface area contributed by atoms with Gasteiger partial charge in [0.2, 0.25) is 0 Å². The Labute approximate surface area is 137 Å². The average Bonchev–Trinajstić information content (AvgIpc) is 2.57. The molecule has 1 unspecified atom stereocenters. The maximum atomic E-state index is 13.4. The second-order valence-electron chi connectivity index (χ2n) is 5.13. The normalized spacial score (nSPS) is 11.6. The largest absolute Gasteiger partial charge is 0.391 e. The lowest BCUT2D eigenvalue weighted by atomic mass is 10.1. The summed E-state index contributed by atoms with van der Waals surface area (Å²) < 4.78 is 26.4. The van der Waals surface area contributed by atoms with Gasteiger partial charge < -0.3 is 15.7 Å². The predicted molar refractivity (Wildman–Crippen MR) is 84.2 cm³/mol. The lowest BCUT2D eigenvalue weighted by Gasteiger charge is -2.12. The number of carbonyl (C=O) groups is 2. The monoisotopic (exact) mass is 334 g/mol. The van der Waals surface area contributed by atoms with Crippen LogP contribution in [0.15, 0.2) is 48.5 Å². The molecule has 2 amide bonds. The highest BCUT2D eigenvalue weighted by atomic mass is 19.1. The fraction of sp³-hybridized carbons (Fsp3) is 0.176. The maximum Gasteiger partial charge on any atom is 0.313 e. The summed E-state index contributed by atoms with van der Waals surface area (Å²) in [6.07, 6.45) is -0.573. The van der Waals surface area contributed by atoms with E-state index in [1.54, 1.807) is 0 Å². The molecule has 0 saturated heterocycles. The summed E-state index contributed by atoms with van der Waals surface area (Å²) >= 11 is 0. The minimum Gasteiger partial charge on any atom is -0.391 e. The summed E-state index contributed by atoms with van der Waals surface area (Å²) in [5.41, 5.74) is 0.450. The Morgan fingerprint density at radius 2 is 1.75 bits per heavy atom. The Balaban J connectivity index is 1.83. The van der Waals surface area contributed by atoms with Crippen molar-refractivity contribution in [3.05, 3.63) is 65.7 Å². The molecule has 0 aliphatic carbocycles. The lowest BCUT2D eigenvalue weighted by molar-refractivity contribution is -0.136. The number of hydrogen-bond acceptors (Lipinski definition) is 3. The molecule has 24 heavy (non-hydrogen) atoms. The van der Waals surface area contributed by atoms with Gasteiger partial charge in [-0.1, -0.05) is 30.3 Å². The number of benzene rings is 2. The minimum atomic E-state index is -1.15. The summed E-state index contributed by atoms with van der Waals surface area (Å²) in [6.45, 7) is -0.146. The van der Waals surface area contributed by atoms with Gasteiger partial charge in [0, 0.05) is 19.0 Å². The van der Waals surface area contributed by atoms with E-state index in [9.17, 15) is 23.5 Å². The molecule has 7 heteroatoms. The molecule has 0 bridgehead atoms. The highest BCUT2D eigenvalue weighted by Gasteiger charge is 2.17. The van der Waals surface area contributed by atoms with E-state index in [1.165, 1.54) is 0 Å². The number of aliphatic hydroxyl groups is 1. The van der Waals surface area contributed by atoms with Crippen molar-refractivity contribution in [1.29, 1.82) is 0 Å². The van der Waals surface area contributed by atoms with Crippen LogP contribution in [0.2, 0.25) is 0 Å². The Kier molecular flexibility index (Phi) is 5.97. The van der Waals surface area contributed by atoms with Crippen molar-refractivity contribution in [1.82, 2.24) is 5.32 Å². The minimum absolute atomic E-state index is 0.146. The van der Waals surface area contributed by atoms with Gasteiger partial charge in [-0.3, -0.25) is 9.59 Å². The van der Waals surface area contributed by atoms with Crippen LogP contribution in [0.4, 0.5) is 14.5 Å². The molecule has 0 saturated carbocycles. The van der Waals surface area contributed by atoms with E-state index in [1.807, 2.05) is 35.6 Å². The van der Waals surface area contributed by atoms with Crippen molar-refractivity contribution >= 4 is 17.5 Å². The van der Waals surface area contributed by atoms with Crippen molar-refractivity contribution in [2.45, 2.75) is 12.5 Å². The first kappa shape index (κ1) is 17.6. The Hall–Kier alpha value is -2.80. The van der Waals surface area contributed by atoms with Crippen LogP contribution < -0.4 is 10.6 Å². The molecule has 2 aromatic carbocycles. The van der Waals surface area contributed by atoms with E-state index in [4.69, 9.17) is 0 Å². The molecule has 0 heterocycles. The molecule has 0 spiro atoms. The molecule has 126 valence electrons. The second kappa shape index (κ2) is 8.16. The Bertz CT molecular complexity index is 723. The molecule has 0 aromatic heterocycles. The van der Waals surface area contributed by atoms with E-state index in [2.05, 4.69) is 5.32 Å². The summed E-state index contributed by atoms with van der Waals surface area (Å²) in [5, 5.41) is 14.1. The van der Waals surface area contributed by atoms with Gasteiger partial charge in [0.25, 0.3) is 0 Å². The van der Waals surface area contributed by atoms with Crippen molar-refractivity contribution in [3.63, 3.8) is 0 Å². The van der Waals surface area contributed by atoms with Crippen LogP contribution >= 0.6 is 0 Å². The van der Waals surface area contributed by atoms with Gasteiger partial charge in [-0.2, -0.15) is 0 Å². The van der Waals surface area contributed by atoms with Crippen LogP contribution in [-0.2, 0) is 16.0 Å². The van der Waals surface area contributed by atoms with E-state index in [0.717, 1.165) is 23.8 Å². The van der Waals surface area contributed by atoms with Crippen molar-refractivity contribution in [2.24, 2.45) is 0 Å². The molecule has 0 fully saturated rings. The summed E-state index contributed by atoms with van der Waals surface area (Å²) in [4.78, 5) is 23.3. The van der Waals surface area contributed by atoms with Gasteiger partial charge in [-0.05, 0) is 17.7 Å². The van der Waals surface area contributed by atoms with Crippen LogP contribution in [0.1, 0.15) is 5.56 Å². The first-order valence-corrected chi connectivity index (χ1v) is 7.22. The molecular weight excluding hydrogens is 318 g/mol. The number of aliphatic hydroxyl groups excluding tert-OH is 1. The van der Waals surface area contributed by atoms with Gasteiger partial charge in [0.05, 0.1) is 11.8 Å². The summed E-state index contributed by atoms with van der Waals surface area (Å²) in [5.74, 6) is -3.80. The zero-order valence-electron chi connectivity index (χ0n) is 12.6. The highest BCUT2D eigenvalue weighted by molar-refractivity contribution is 6.39.